The predicted molar refractivity (Wildman–Crippen MR) is 101 cm³/mol. The molecule has 2 aliphatic heterocycles. The van der Waals surface area contributed by atoms with Gasteiger partial charge in [-0.2, -0.15) is 4.98 Å². The summed E-state index contributed by atoms with van der Waals surface area (Å²) >= 11 is 0. The van der Waals surface area contributed by atoms with Gasteiger partial charge in [0.15, 0.2) is 5.82 Å². The third-order valence-corrected chi connectivity index (χ3v) is 6.33. The number of aryl methyl sites for hydroxylation is 1. The molecule has 0 saturated carbocycles. The Bertz CT molecular complexity index is 931. The summed E-state index contributed by atoms with van der Waals surface area (Å²) in [4.78, 5) is 11.8. The average Bonchev–Trinajstić information content (AvgIpc) is 3.45. The normalized spacial score (nSPS) is 25.2. The van der Waals surface area contributed by atoms with Gasteiger partial charge in [0.25, 0.3) is 0 Å². The molecule has 4 heterocycles. The van der Waals surface area contributed by atoms with Gasteiger partial charge < -0.3 is 9.09 Å². The lowest BCUT2D eigenvalue weighted by molar-refractivity contribution is 0.243. The van der Waals surface area contributed by atoms with E-state index in [1.54, 1.807) is 0 Å². The van der Waals surface area contributed by atoms with Crippen molar-refractivity contribution in [1.29, 1.82) is 0 Å². The van der Waals surface area contributed by atoms with Gasteiger partial charge in [-0.3, -0.25) is 4.90 Å². The van der Waals surface area contributed by atoms with Crippen LogP contribution < -0.4 is 0 Å². The van der Waals surface area contributed by atoms with Crippen LogP contribution >= 0.6 is 0 Å². The van der Waals surface area contributed by atoms with Crippen molar-refractivity contribution in [2.45, 2.75) is 57.7 Å². The highest BCUT2D eigenvalue weighted by Gasteiger charge is 2.46. The first-order valence-corrected chi connectivity index (χ1v) is 9.82. The molecule has 2 fully saturated rings. The molecule has 0 radical (unpaired) electrons. The van der Waals surface area contributed by atoms with E-state index in [1.165, 1.54) is 24.9 Å². The van der Waals surface area contributed by atoms with Gasteiger partial charge in [-0.05, 0) is 45.2 Å². The predicted octanol–water partition coefficient (Wildman–Crippen LogP) is 3.62. The fourth-order valence-electron chi connectivity index (χ4n) is 4.78. The molecule has 0 N–H and O–H groups in total. The summed E-state index contributed by atoms with van der Waals surface area (Å²) in [6.07, 6.45) is 5.38. The Morgan fingerprint density at radius 3 is 2.81 bits per heavy atom. The van der Waals surface area contributed by atoms with Gasteiger partial charge in [-0.15, -0.1) is 0 Å². The molecule has 3 aromatic rings. The third-order valence-electron chi connectivity index (χ3n) is 6.33. The fraction of sp³-hybridized carbons (Fsp3) is 0.476. The Morgan fingerprint density at radius 1 is 1.19 bits per heavy atom. The highest BCUT2D eigenvalue weighted by Crippen LogP contribution is 2.48. The molecule has 2 saturated heterocycles. The van der Waals surface area contributed by atoms with E-state index in [-0.39, 0.29) is 0 Å². The minimum Gasteiger partial charge on any atom is -0.337 e. The molecule has 0 bridgehead atoms. The zero-order chi connectivity index (χ0) is 18.4. The van der Waals surface area contributed by atoms with Crippen LogP contribution in [0.1, 0.15) is 59.9 Å². The summed E-state index contributed by atoms with van der Waals surface area (Å²) in [5.74, 6) is 1.88. The molecule has 6 nitrogen and oxygen atoms in total. The molecule has 0 aliphatic carbocycles. The lowest BCUT2D eigenvalue weighted by atomic mass is 9.94. The summed E-state index contributed by atoms with van der Waals surface area (Å²) in [7, 11) is 0. The quantitative estimate of drug-likeness (QED) is 0.708. The van der Waals surface area contributed by atoms with Crippen molar-refractivity contribution in [2.75, 3.05) is 6.54 Å². The number of hydrogen-bond acceptors (Lipinski definition) is 5. The maximum absolute atomic E-state index is 5.61. The van der Waals surface area contributed by atoms with Crippen LogP contribution in [0.15, 0.2) is 41.2 Å². The van der Waals surface area contributed by atoms with Crippen molar-refractivity contribution in [3.8, 4) is 0 Å². The van der Waals surface area contributed by atoms with Crippen LogP contribution in [0.4, 0.5) is 0 Å². The zero-order valence-corrected chi connectivity index (χ0v) is 15.9. The molecule has 6 heteroatoms. The molecule has 1 aromatic carbocycles. The van der Waals surface area contributed by atoms with E-state index < -0.39 is 0 Å². The average molecular weight is 363 g/mol. The Morgan fingerprint density at radius 2 is 2.04 bits per heavy atom. The number of benzene rings is 1. The Balaban J connectivity index is 1.38. The van der Waals surface area contributed by atoms with Crippen LogP contribution in [0, 0.1) is 13.8 Å². The molecule has 27 heavy (non-hydrogen) atoms. The van der Waals surface area contributed by atoms with Crippen molar-refractivity contribution in [1.82, 2.24) is 24.6 Å². The van der Waals surface area contributed by atoms with Crippen LogP contribution in [0.2, 0.25) is 0 Å². The second kappa shape index (κ2) is 6.60. The number of aromatic nitrogens is 4. The number of nitrogens with zero attached hydrogens (tertiary/aromatic N) is 5. The molecule has 0 unspecified atom stereocenters. The van der Waals surface area contributed by atoms with E-state index in [4.69, 9.17) is 9.51 Å². The fourth-order valence-corrected chi connectivity index (χ4v) is 4.78. The highest BCUT2D eigenvalue weighted by atomic mass is 16.5. The lowest BCUT2D eigenvalue weighted by Crippen LogP contribution is -2.27. The van der Waals surface area contributed by atoms with Crippen LogP contribution in [-0.2, 0) is 6.54 Å². The SMILES string of the molecule is Cc1ncn(Cc2nc([C@@H]3C[C@H](c4ccccc4)N4CCC[C@@H]34)no2)c1C. The first-order chi connectivity index (χ1) is 13.2. The van der Waals surface area contributed by atoms with Crippen LogP contribution in [0.25, 0.3) is 0 Å². The lowest BCUT2D eigenvalue weighted by Gasteiger charge is -2.24. The van der Waals surface area contributed by atoms with E-state index in [0.29, 0.717) is 30.4 Å². The van der Waals surface area contributed by atoms with Crippen LogP contribution in [0.3, 0.4) is 0 Å². The first-order valence-electron chi connectivity index (χ1n) is 9.82. The zero-order valence-electron chi connectivity index (χ0n) is 15.9. The van der Waals surface area contributed by atoms with Crippen molar-refractivity contribution in [3.05, 3.63) is 65.3 Å². The Kier molecular flexibility index (Phi) is 4.08. The molecular formula is C21H25N5O. The molecule has 3 atom stereocenters. The second-order valence-corrected chi connectivity index (χ2v) is 7.81. The maximum atomic E-state index is 5.61. The van der Waals surface area contributed by atoms with E-state index >= 15 is 0 Å². The molecule has 5 rings (SSSR count). The van der Waals surface area contributed by atoms with Gasteiger partial charge in [0, 0.05) is 23.7 Å². The van der Waals surface area contributed by atoms with Gasteiger partial charge in [0.05, 0.1) is 12.0 Å². The number of fused-ring (bicyclic) bond motifs is 1. The highest BCUT2D eigenvalue weighted by molar-refractivity contribution is 5.24. The van der Waals surface area contributed by atoms with Crippen molar-refractivity contribution in [2.24, 2.45) is 0 Å². The largest absolute Gasteiger partial charge is 0.337 e. The van der Waals surface area contributed by atoms with E-state index in [0.717, 1.165) is 23.6 Å². The van der Waals surface area contributed by atoms with Crippen LogP contribution in [-0.4, -0.2) is 37.2 Å². The number of rotatable bonds is 4. The molecular weight excluding hydrogens is 338 g/mol. The van der Waals surface area contributed by atoms with E-state index in [1.807, 2.05) is 13.3 Å². The summed E-state index contributed by atoms with van der Waals surface area (Å²) in [6, 6.07) is 11.8. The first kappa shape index (κ1) is 16.7. The number of imidazole rings is 1. The summed E-state index contributed by atoms with van der Waals surface area (Å²) in [5.41, 5.74) is 3.58. The Hall–Kier alpha value is -2.47. The third kappa shape index (κ3) is 2.88. The summed E-state index contributed by atoms with van der Waals surface area (Å²) in [5, 5.41) is 4.37. The van der Waals surface area contributed by atoms with Gasteiger partial charge in [-0.25, -0.2) is 4.98 Å². The molecule has 2 aromatic heterocycles. The van der Waals surface area contributed by atoms with Gasteiger partial charge in [0.2, 0.25) is 5.89 Å². The van der Waals surface area contributed by atoms with Crippen molar-refractivity contribution in [3.63, 3.8) is 0 Å². The van der Waals surface area contributed by atoms with Gasteiger partial charge in [-0.1, -0.05) is 35.5 Å². The molecule has 140 valence electrons. The number of hydrogen-bond donors (Lipinski definition) is 0. The standard InChI is InChI=1S/C21H25N5O/c1-14-15(2)25(13-22-14)12-20-23-21(24-27-20)17-11-19(16-7-4-3-5-8-16)26-10-6-9-18(17)26/h3-5,7-8,13,17-19H,6,9-12H2,1-2H3/t17-,18+,19-/m1/s1. The van der Waals surface area contributed by atoms with Gasteiger partial charge >= 0.3 is 0 Å². The molecule has 0 spiro atoms. The molecule has 2 aliphatic rings. The van der Waals surface area contributed by atoms with E-state index in [2.05, 4.69) is 56.9 Å². The van der Waals surface area contributed by atoms with Gasteiger partial charge in [0.1, 0.15) is 6.54 Å². The monoisotopic (exact) mass is 363 g/mol. The smallest absolute Gasteiger partial charge is 0.246 e. The second-order valence-electron chi connectivity index (χ2n) is 7.81. The van der Waals surface area contributed by atoms with Crippen molar-refractivity contribution < 1.29 is 4.52 Å². The molecule has 0 amide bonds. The summed E-state index contributed by atoms with van der Waals surface area (Å²) in [6.45, 7) is 5.83. The topological polar surface area (TPSA) is 60.0 Å². The minimum absolute atomic E-state index is 0.348. The van der Waals surface area contributed by atoms with Crippen molar-refractivity contribution >= 4 is 0 Å². The minimum atomic E-state index is 0.348. The maximum Gasteiger partial charge on any atom is 0.246 e. The summed E-state index contributed by atoms with van der Waals surface area (Å²) < 4.78 is 7.67. The van der Waals surface area contributed by atoms with E-state index in [9.17, 15) is 0 Å². The Labute approximate surface area is 159 Å². The van der Waals surface area contributed by atoms with Crippen LogP contribution in [0.5, 0.6) is 0 Å².